The zero-order valence-electron chi connectivity index (χ0n) is 45.2. The third-order valence-corrected chi connectivity index (χ3v) is 15.5. The van der Waals surface area contributed by atoms with E-state index in [2.05, 4.69) is 210 Å². The zero-order chi connectivity index (χ0) is 52.8. The van der Waals surface area contributed by atoms with Gasteiger partial charge in [0, 0.05) is 22.3 Å². The molecule has 0 unspecified atom stereocenters. The van der Waals surface area contributed by atoms with E-state index in [0.29, 0.717) is 11.4 Å². The summed E-state index contributed by atoms with van der Waals surface area (Å²) < 4.78 is 0. The van der Waals surface area contributed by atoms with Gasteiger partial charge in [-0.3, -0.25) is 0 Å². The number of hydrogen-bond acceptors (Lipinski definition) is 6. The Morgan fingerprint density at radius 3 is 0.842 bits per heavy atom. The molecular formula is C64H62N12. The molecule has 378 valence electrons. The molecule has 12 heteroatoms. The molecule has 8 bridgehead atoms. The number of aromatic nitrogens is 12. The number of H-pyrrole nitrogens is 6. The predicted molar refractivity (Wildman–Crippen MR) is 310 cm³/mol. The number of rotatable bonds is 4. The van der Waals surface area contributed by atoms with Gasteiger partial charge in [0.15, 0.2) is 0 Å². The first-order valence-corrected chi connectivity index (χ1v) is 26.3. The van der Waals surface area contributed by atoms with Crippen molar-refractivity contribution in [2.75, 3.05) is 0 Å². The highest BCUT2D eigenvalue weighted by Gasteiger charge is 2.33. The molecule has 2 aliphatic heterocycles. The first-order valence-electron chi connectivity index (χ1n) is 26.3. The summed E-state index contributed by atoms with van der Waals surface area (Å²) in [7, 11) is 0. The van der Waals surface area contributed by atoms with Crippen molar-refractivity contribution in [1.29, 1.82) is 0 Å². The fourth-order valence-corrected chi connectivity index (χ4v) is 11.2. The first kappa shape index (κ1) is 47.1. The standard InChI is InChI=1S/C64H62N12/c1-61(2,3)37-21-13-33(14-22-37)41-45-53-55(67-29-65-53)47(73-45)42(34-15-23-38(24-16-34)62(4,5)6)49-57-59(71-31-69-57)51(75-49)44(36-19-27-40(28-20-36)64(10,11)12)52-60-58(70-32-72-60)50(76-52)43(35-17-25-39(26-18-35)63(7,8)9)48-56-54(46(41)74-48)66-30-68-56/h13-32,73,76H,1-12H3,(H,65,67)(H,66,68)(H,69,71)(H,70,72). The van der Waals surface area contributed by atoms with Crippen molar-refractivity contribution in [2.24, 2.45) is 0 Å². The maximum atomic E-state index is 5.83. The van der Waals surface area contributed by atoms with Gasteiger partial charge in [0.25, 0.3) is 0 Å². The summed E-state index contributed by atoms with van der Waals surface area (Å²) in [5.74, 6) is 0. The highest BCUT2D eigenvalue weighted by molar-refractivity contribution is 6.18. The smallest absolute Gasteiger partial charge is 0.117 e. The molecule has 6 aromatic heterocycles. The monoisotopic (exact) mass is 999 g/mol. The van der Waals surface area contributed by atoms with Gasteiger partial charge in [-0.1, -0.05) is 180 Å². The minimum absolute atomic E-state index is 0.0665. The molecule has 6 N–H and O–H groups in total. The molecule has 0 radical (unpaired) electrons. The minimum atomic E-state index is -0.0665. The van der Waals surface area contributed by atoms with Crippen molar-refractivity contribution in [3.05, 3.63) is 145 Å². The van der Waals surface area contributed by atoms with Crippen molar-refractivity contribution in [1.82, 2.24) is 59.8 Å². The Hall–Kier alpha value is -8.64. The number of nitrogens with one attached hydrogen (secondary N) is 6. The van der Waals surface area contributed by atoms with Crippen LogP contribution >= 0.6 is 0 Å². The molecule has 0 fully saturated rings. The summed E-state index contributed by atoms with van der Waals surface area (Å²) in [5, 5.41) is 0. The van der Waals surface area contributed by atoms with Gasteiger partial charge in [-0.15, -0.1) is 0 Å². The van der Waals surface area contributed by atoms with Crippen LogP contribution in [0.3, 0.4) is 0 Å². The Labute approximate surface area is 441 Å². The molecule has 0 saturated carbocycles. The summed E-state index contributed by atoms with van der Waals surface area (Å²) in [4.78, 5) is 54.7. The SMILES string of the molecule is CC(C)(C)c1ccc(-c2c3nc(c(-c4ccc(C(C)(C)C)cc4)c4[nH]c(c(-c5ccc(C(C)(C)C)cc5)c5nc(c(-c6ccc(C(C)(C)C)cc6)c6[nH]c2c2nc[nH]c62)-c2nc[nH]c2-5)c2nc[nH]c42)-c2nc[nH]c2-3)cc1. The number of aromatic amines is 6. The molecule has 0 atom stereocenters. The van der Waals surface area contributed by atoms with E-state index >= 15 is 0 Å². The Kier molecular flexibility index (Phi) is 10.2. The second-order valence-corrected chi connectivity index (χ2v) is 24.7. The van der Waals surface area contributed by atoms with Gasteiger partial charge in [0.05, 0.1) is 81.2 Å². The third-order valence-electron chi connectivity index (χ3n) is 15.5. The Balaban J connectivity index is 1.29. The molecular weight excluding hydrogens is 937 g/mol. The van der Waals surface area contributed by atoms with Gasteiger partial charge in [0.2, 0.25) is 0 Å². The molecule has 3 aliphatic rings. The lowest BCUT2D eigenvalue weighted by Gasteiger charge is -2.19. The molecule has 0 saturated heterocycles. The van der Waals surface area contributed by atoms with Crippen LogP contribution in [-0.4, -0.2) is 59.8 Å². The van der Waals surface area contributed by atoms with Crippen LogP contribution in [0, 0.1) is 0 Å². The average molecular weight is 999 g/mol. The van der Waals surface area contributed by atoms with E-state index in [1.54, 1.807) is 25.3 Å². The van der Waals surface area contributed by atoms with E-state index in [-0.39, 0.29) is 21.7 Å². The van der Waals surface area contributed by atoms with Crippen molar-refractivity contribution in [3.63, 3.8) is 0 Å². The molecule has 8 heterocycles. The largest absolute Gasteiger partial charge is 0.351 e. The van der Waals surface area contributed by atoms with E-state index in [1.165, 1.54) is 22.3 Å². The molecule has 13 rings (SSSR count). The van der Waals surface area contributed by atoms with Crippen LogP contribution in [0.1, 0.15) is 105 Å². The number of imidazole rings is 4. The van der Waals surface area contributed by atoms with E-state index in [4.69, 9.17) is 29.9 Å². The maximum Gasteiger partial charge on any atom is 0.117 e. The van der Waals surface area contributed by atoms with Crippen LogP contribution in [0.4, 0.5) is 0 Å². The van der Waals surface area contributed by atoms with Gasteiger partial charge >= 0.3 is 0 Å². The van der Waals surface area contributed by atoms with Gasteiger partial charge in [-0.05, 0) is 66.2 Å². The molecule has 0 amide bonds. The van der Waals surface area contributed by atoms with Crippen molar-refractivity contribution >= 4 is 44.1 Å². The lowest BCUT2D eigenvalue weighted by molar-refractivity contribution is 0.590. The van der Waals surface area contributed by atoms with Crippen LogP contribution in [0.25, 0.3) is 134 Å². The Bertz CT molecular complexity index is 3730. The number of hydrogen-bond donors (Lipinski definition) is 6. The quantitative estimate of drug-likeness (QED) is 0.102. The predicted octanol–water partition coefficient (Wildman–Crippen LogP) is 16.0. The second kappa shape index (κ2) is 16.4. The van der Waals surface area contributed by atoms with Crippen LogP contribution in [0.2, 0.25) is 0 Å². The minimum Gasteiger partial charge on any atom is -0.351 e. The lowest BCUT2D eigenvalue weighted by Crippen LogP contribution is -2.10. The Morgan fingerprint density at radius 2 is 0.553 bits per heavy atom. The molecule has 4 aromatic carbocycles. The highest BCUT2D eigenvalue weighted by Crippen LogP contribution is 2.50. The third kappa shape index (κ3) is 7.39. The van der Waals surface area contributed by atoms with Crippen LogP contribution < -0.4 is 0 Å². The average Bonchev–Trinajstić information content (AvgIpc) is 4.24. The maximum absolute atomic E-state index is 5.83. The number of benzene rings is 4. The van der Waals surface area contributed by atoms with Crippen LogP contribution in [-0.2, 0) is 21.7 Å². The van der Waals surface area contributed by atoms with Crippen molar-refractivity contribution in [2.45, 2.75) is 105 Å². The molecule has 12 nitrogen and oxygen atoms in total. The fraction of sp³-hybridized carbons (Fsp3) is 0.250. The molecule has 1 aliphatic carbocycles. The fourth-order valence-electron chi connectivity index (χ4n) is 11.2. The van der Waals surface area contributed by atoms with Crippen molar-refractivity contribution < 1.29 is 0 Å². The van der Waals surface area contributed by atoms with E-state index < -0.39 is 0 Å². The van der Waals surface area contributed by atoms with E-state index in [1.807, 2.05) is 0 Å². The normalized spacial score (nSPS) is 13.0. The summed E-state index contributed by atoms with van der Waals surface area (Å²) in [6.45, 7) is 26.9. The highest BCUT2D eigenvalue weighted by atomic mass is 15.0. The summed E-state index contributed by atoms with van der Waals surface area (Å²) in [6, 6.07) is 35.5. The topological polar surface area (TPSA) is 172 Å². The van der Waals surface area contributed by atoms with E-state index in [0.717, 1.165) is 123 Å². The lowest BCUT2D eigenvalue weighted by atomic mass is 9.86. The molecule has 0 spiro atoms. The van der Waals surface area contributed by atoms with Gasteiger partial charge in [0.1, 0.15) is 33.8 Å². The molecule has 76 heavy (non-hydrogen) atoms. The van der Waals surface area contributed by atoms with Crippen molar-refractivity contribution in [3.8, 4) is 90.1 Å². The zero-order valence-corrected chi connectivity index (χ0v) is 45.2. The Morgan fingerprint density at radius 1 is 0.276 bits per heavy atom. The summed E-state index contributed by atoms with van der Waals surface area (Å²) >= 11 is 0. The van der Waals surface area contributed by atoms with Gasteiger partial charge in [-0.25, -0.2) is 29.9 Å². The van der Waals surface area contributed by atoms with Crippen LogP contribution in [0.5, 0.6) is 0 Å². The van der Waals surface area contributed by atoms with E-state index in [9.17, 15) is 0 Å². The van der Waals surface area contributed by atoms with Gasteiger partial charge < -0.3 is 29.9 Å². The first-order chi connectivity index (χ1) is 36.2. The summed E-state index contributed by atoms with van der Waals surface area (Å²) in [6.07, 6.45) is 7.13. The number of nitrogens with zero attached hydrogens (tertiary/aromatic N) is 6. The molecule has 10 aromatic rings. The van der Waals surface area contributed by atoms with Gasteiger partial charge in [-0.2, -0.15) is 0 Å². The van der Waals surface area contributed by atoms with Crippen LogP contribution in [0.15, 0.2) is 122 Å². The summed E-state index contributed by atoms with van der Waals surface area (Å²) in [5.41, 5.74) is 24.4. The second-order valence-electron chi connectivity index (χ2n) is 24.7.